The van der Waals surface area contributed by atoms with Gasteiger partial charge in [-0.25, -0.2) is 0 Å². The van der Waals surface area contributed by atoms with Crippen LogP contribution >= 0.6 is 12.4 Å². The minimum atomic E-state index is 0. The Kier molecular flexibility index (Phi) is 5.44. The summed E-state index contributed by atoms with van der Waals surface area (Å²) in [7, 11) is 0. The lowest BCUT2D eigenvalue weighted by Crippen LogP contribution is -2.37. The largest absolute Gasteiger partial charge is 0.341 e. The second-order valence-corrected chi connectivity index (χ2v) is 5.81. The number of halogens is 1. The summed E-state index contributed by atoms with van der Waals surface area (Å²) >= 11 is 0. The molecule has 0 spiro atoms. The van der Waals surface area contributed by atoms with Gasteiger partial charge >= 0.3 is 0 Å². The molecule has 1 saturated carbocycles. The first-order valence-electron chi connectivity index (χ1n) is 7.36. The molecule has 3 rings (SSSR count). The molecule has 1 heterocycles. The van der Waals surface area contributed by atoms with Crippen molar-refractivity contribution in [1.29, 1.82) is 0 Å². The molecule has 1 saturated heterocycles. The van der Waals surface area contributed by atoms with Crippen molar-refractivity contribution in [2.75, 3.05) is 26.2 Å². The van der Waals surface area contributed by atoms with E-state index in [1.807, 2.05) is 11.0 Å². The maximum absolute atomic E-state index is 12.1. The molecule has 20 heavy (non-hydrogen) atoms. The van der Waals surface area contributed by atoms with E-state index in [1.165, 1.54) is 18.4 Å². The number of hydrogen-bond donors (Lipinski definition) is 1. The summed E-state index contributed by atoms with van der Waals surface area (Å²) < 4.78 is 0. The summed E-state index contributed by atoms with van der Waals surface area (Å²) in [5.74, 6) is 1.62. The highest BCUT2D eigenvalue weighted by molar-refractivity contribution is 5.85. The van der Waals surface area contributed by atoms with Crippen LogP contribution in [-0.4, -0.2) is 37.0 Å². The highest BCUT2D eigenvalue weighted by Gasteiger charge is 2.27. The van der Waals surface area contributed by atoms with E-state index in [-0.39, 0.29) is 18.3 Å². The van der Waals surface area contributed by atoms with Crippen molar-refractivity contribution in [3.8, 4) is 0 Å². The van der Waals surface area contributed by atoms with Gasteiger partial charge in [0.2, 0.25) is 5.91 Å². The summed E-state index contributed by atoms with van der Waals surface area (Å²) in [5.41, 5.74) is 1.36. The van der Waals surface area contributed by atoms with E-state index in [9.17, 15) is 4.79 Å². The smallest absolute Gasteiger partial charge is 0.236 e. The fraction of sp³-hybridized carbons (Fsp3) is 0.562. The first-order valence-corrected chi connectivity index (χ1v) is 7.36. The molecule has 1 amide bonds. The van der Waals surface area contributed by atoms with Crippen LogP contribution in [0.15, 0.2) is 30.3 Å². The number of rotatable bonds is 5. The molecule has 1 aliphatic heterocycles. The van der Waals surface area contributed by atoms with Crippen molar-refractivity contribution < 1.29 is 4.79 Å². The highest BCUT2D eigenvalue weighted by atomic mass is 35.5. The number of hydrogen-bond acceptors (Lipinski definition) is 2. The van der Waals surface area contributed by atoms with E-state index in [2.05, 4.69) is 29.6 Å². The Balaban J connectivity index is 0.00000147. The number of carbonyl (C=O) groups excluding carboxylic acids is 1. The molecule has 1 aliphatic carbocycles. The minimum absolute atomic E-state index is 0. The Bertz CT molecular complexity index is 433. The predicted molar refractivity (Wildman–Crippen MR) is 83.2 cm³/mol. The quantitative estimate of drug-likeness (QED) is 0.904. The van der Waals surface area contributed by atoms with E-state index in [4.69, 9.17) is 0 Å². The molecule has 1 aromatic rings. The Morgan fingerprint density at radius 1 is 1.20 bits per heavy atom. The molecule has 3 nitrogen and oxygen atoms in total. The van der Waals surface area contributed by atoms with Gasteiger partial charge in [0.25, 0.3) is 0 Å². The van der Waals surface area contributed by atoms with Gasteiger partial charge in [0.15, 0.2) is 0 Å². The third-order valence-corrected chi connectivity index (χ3v) is 4.22. The molecule has 1 atom stereocenters. The number of carbonyl (C=O) groups is 1. The Labute approximate surface area is 127 Å². The Morgan fingerprint density at radius 2 is 1.95 bits per heavy atom. The van der Waals surface area contributed by atoms with Gasteiger partial charge in [0, 0.05) is 19.0 Å². The Hall–Kier alpha value is -1.06. The number of amides is 1. The van der Waals surface area contributed by atoms with Crippen LogP contribution in [-0.2, 0) is 4.79 Å². The summed E-state index contributed by atoms with van der Waals surface area (Å²) in [4.78, 5) is 14.1. The molecular formula is C16H23ClN2O. The van der Waals surface area contributed by atoms with Gasteiger partial charge in [-0.05, 0) is 37.3 Å². The van der Waals surface area contributed by atoms with Crippen molar-refractivity contribution in [2.24, 2.45) is 5.92 Å². The SMILES string of the molecule is Cl.O=C(CNCC1CC1)N1CCC(c2ccccc2)C1. The fourth-order valence-electron chi connectivity index (χ4n) is 2.80. The number of nitrogens with one attached hydrogen (secondary N) is 1. The summed E-state index contributed by atoms with van der Waals surface area (Å²) in [5, 5.41) is 3.29. The van der Waals surface area contributed by atoms with Gasteiger partial charge in [0.05, 0.1) is 6.54 Å². The molecule has 4 heteroatoms. The van der Waals surface area contributed by atoms with Gasteiger partial charge in [-0.3, -0.25) is 4.79 Å². The van der Waals surface area contributed by atoms with Crippen LogP contribution in [0.1, 0.15) is 30.7 Å². The number of likely N-dealkylation sites (tertiary alicyclic amines) is 1. The van der Waals surface area contributed by atoms with E-state index >= 15 is 0 Å². The summed E-state index contributed by atoms with van der Waals surface area (Å²) in [6, 6.07) is 10.5. The van der Waals surface area contributed by atoms with E-state index in [0.717, 1.165) is 32.0 Å². The van der Waals surface area contributed by atoms with E-state index in [0.29, 0.717) is 12.5 Å². The molecule has 0 radical (unpaired) electrons. The van der Waals surface area contributed by atoms with Crippen molar-refractivity contribution >= 4 is 18.3 Å². The normalized spacial score (nSPS) is 21.6. The third-order valence-electron chi connectivity index (χ3n) is 4.22. The second-order valence-electron chi connectivity index (χ2n) is 5.81. The van der Waals surface area contributed by atoms with Crippen molar-refractivity contribution in [3.63, 3.8) is 0 Å². The zero-order valence-corrected chi connectivity index (χ0v) is 12.6. The van der Waals surface area contributed by atoms with Crippen LogP contribution in [0, 0.1) is 5.92 Å². The van der Waals surface area contributed by atoms with Crippen LogP contribution < -0.4 is 5.32 Å². The Morgan fingerprint density at radius 3 is 2.65 bits per heavy atom. The van der Waals surface area contributed by atoms with Crippen LogP contribution in [0.2, 0.25) is 0 Å². The lowest BCUT2D eigenvalue weighted by molar-refractivity contribution is -0.129. The van der Waals surface area contributed by atoms with Crippen LogP contribution in [0.3, 0.4) is 0 Å². The standard InChI is InChI=1S/C16H22N2O.ClH/c19-16(11-17-10-13-6-7-13)18-9-8-15(12-18)14-4-2-1-3-5-14;/h1-5,13,15,17H,6-12H2;1H. The molecule has 0 aromatic heterocycles. The zero-order valence-electron chi connectivity index (χ0n) is 11.8. The van der Waals surface area contributed by atoms with Gasteiger partial charge in [-0.1, -0.05) is 30.3 Å². The van der Waals surface area contributed by atoms with Gasteiger partial charge in [0.1, 0.15) is 0 Å². The first-order chi connectivity index (χ1) is 9.33. The first kappa shape index (κ1) is 15.3. The number of nitrogens with zero attached hydrogens (tertiary/aromatic N) is 1. The summed E-state index contributed by atoms with van der Waals surface area (Å²) in [6.07, 6.45) is 3.76. The van der Waals surface area contributed by atoms with Crippen molar-refractivity contribution in [3.05, 3.63) is 35.9 Å². The lowest BCUT2D eigenvalue weighted by Gasteiger charge is -2.17. The monoisotopic (exact) mass is 294 g/mol. The maximum Gasteiger partial charge on any atom is 0.236 e. The van der Waals surface area contributed by atoms with Crippen LogP contribution in [0.25, 0.3) is 0 Å². The molecule has 1 unspecified atom stereocenters. The highest BCUT2D eigenvalue weighted by Crippen LogP contribution is 2.28. The van der Waals surface area contributed by atoms with Crippen LogP contribution in [0.4, 0.5) is 0 Å². The molecule has 2 fully saturated rings. The van der Waals surface area contributed by atoms with Crippen molar-refractivity contribution in [1.82, 2.24) is 10.2 Å². The fourth-order valence-corrected chi connectivity index (χ4v) is 2.80. The molecule has 2 aliphatic rings. The maximum atomic E-state index is 12.1. The van der Waals surface area contributed by atoms with E-state index in [1.54, 1.807) is 0 Å². The van der Waals surface area contributed by atoms with E-state index < -0.39 is 0 Å². The molecular weight excluding hydrogens is 272 g/mol. The summed E-state index contributed by atoms with van der Waals surface area (Å²) in [6.45, 7) is 3.32. The average Bonchev–Trinajstić information content (AvgIpc) is 3.13. The average molecular weight is 295 g/mol. The molecule has 1 aromatic carbocycles. The lowest BCUT2D eigenvalue weighted by atomic mass is 9.99. The zero-order chi connectivity index (χ0) is 13.1. The van der Waals surface area contributed by atoms with Gasteiger partial charge in [-0.15, -0.1) is 12.4 Å². The molecule has 1 N–H and O–H groups in total. The molecule has 110 valence electrons. The van der Waals surface area contributed by atoms with Crippen LogP contribution in [0.5, 0.6) is 0 Å². The number of benzene rings is 1. The topological polar surface area (TPSA) is 32.3 Å². The van der Waals surface area contributed by atoms with Gasteiger partial charge < -0.3 is 10.2 Å². The minimum Gasteiger partial charge on any atom is -0.341 e. The van der Waals surface area contributed by atoms with Gasteiger partial charge in [-0.2, -0.15) is 0 Å². The third kappa shape index (κ3) is 3.97. The second kappa shape index (κ2) is 7.09. The molecule has 0 bridgehead atoms. The van der Waals surface area contributed by atoms with Crippen molar-refractivity contribution in [2.45, 2.75) is 25.2 Å². The predicted octanol–water partition coefficient (Wildman–Crippen LogP) is 2.42.